The van der Waals surface area contributed by atoms with E-state index in [0.29, 0.717) is 12.5 Å². The molecule has 5 nitrogen and oxygen atoms in total. The van der Waals surface area contributed by atoms with Crippen LogP contribution >= 0.6 is 0 Å². The Labute approximate surface area is 108 Å². The van der Waals surface area contributed by atoms with Crippen molar-refractivity contribution >= 4 is 12.1 Å². The summed E-state index contributed by atoms with van der Waals surface area (Å²) in [6.45, 7) is 7.41. The molecular weight excluding hydrogens is 234 g/mol. The average molecular weight is 257 g/mol. The van der Waals surface area contributed by atoms with E-state index in [4.69, 9.17) is 9.47 Å². The molecule has 1 aliphatic carbocycles. The molecule has 0 aliphatic heterocycles. The fourth-order valence-electron chi connectivity index (χ4n) is 1.93. The third-order valence-electron chi connectivity index (χ3n) is 2.79. The number of carbonyl (C=O) groups is 2. The minimum atomic E-state index is -0.456. The van der Waals surface area contributed by atoms with Crippen molar-refractivity contribution in [3.05, 3.63) is 0 Å². The largest absolute Gasteiger partial charge is 0.466 e. The summed E-state index contributed by atoms with van der Waals surface area (Å²) in [7, 11) is 0. The van der Waals surface area contributed by atoms with Gasteiger partial charge in [-0.3, -0.25) is 4.79 Å². The van der Waals surface area contributed by atoms with E-state index in [-0.39, 0.29) is 18.1 Å². The third kappa shape index (κ3) is 5.89. The van der Waals surface area contributed by atoms with Crippen LogP contribution in [0.3, 0.4) is 0 Å². The molecule has 0 saturated heterocycles. The van der Waals surface area contributed by atoms with E-state index in [1.54, 1.807) is 0 Å². The van der Waals surface area contributed by atoms with Crippen molar-refractivity contribution in [3.63, 3.8) is 0 Å². The van der Waals surface area contributed by atoms with Crippen LogP contribution in [0.15, 0.2) is 0 Å². The zero-order chi connectivity index (χ0) is 13.8. The van der Waals surface area contributed by atoms with Crippen LogP contribution in [0, 0.1) is 5.92 Å². The highest BCUT2D eigenvalue weighted by Crippen LogP contribution is 2.30. The molecule has 0 unspecified atom stereocenters. The van der Waals surface area contributed by atoms with Gasteiger partial charge in [-0.25, -0.2) is 4.79 Å². The molecular formula is C13H23NO4. The molecule has 0 radical (unpaired) electrons. The minimum absolute atomic E-state index is 0.196. The number of ether oxygens (including phenoxy) is 2. The Morgan fingerprint density at radius 1 is 1.28 bits per heavy atom. The third-order valence-corrected chi connectivity index (χ3v) is 2.79. The SMILES string of the molecule is CC(=O)OCCC1CC(NC(=O)OC(C)(C)C)C1. The molecule has 1 saturated carbocycles. The number of nitrogens with one attached hydrogen (secondary N) is 1. The molecule has 18 heavy (non-hydrogen) atoms. The number of amides is 1. The Morgan fingerprint density at radius 3 is 2.39 bits per heavy atom. The second kappa shape index (κ2) is 6.07. The quantitative estimate of drug-likeness (QED) is 0.784. The molecule has 104 valence electrons. The number of alkyl carbamates (subject to hydrolysis) is 1. The molecule has 0 heterocycles. The van der Waals surface area contributed by atoms with Gasteiger partial charge in [-0.05, 0) is 46.0 Å². The summed E-state index contributed by atoms with van der Waals surface area (Å²) in [6.07, 6.45) is 2.37. The highest BCUT2D eigenvalue weighted by atomic mass is 16.6. The summed E-state index contributed by atoms with van der Waals surface area (Å²) in [5.41, 5.74) is -0.456. The first kappa shape index (κ1) is 14.8. The van der Waals surface area contributed by atoms with Gasteiger partial charge in [-0.2, -0.15) is 0 Å². The van der Waals surface area contributed by atoms with Gasteiger partial charge in [0, 0.05) is 13.0 Å². The maximum absolute atomic E-state index is 11.5. The molecule has 1 fully saturated rings. The van der Waals surface area contributed by atoms with Gasteiger partial charge in [-0.1, -0.05) is 0 Å². The number of carbonyl (C=O) groups excluding carboxylic acids is 2. The molecule has 1 amide bonds. The fourth-order valence-corrected chi connectivity index (χ4v) is 1.93. The Morgan fingerprint density at radius 2 is 1.89 bits per heavy atom. The molecule has 1 N–H and O–H groups in total. The van der Waals surface area contributed by atoms with E-state index >= 15 is 0 Å². The van der Waals surface area contributed by atoms with Crippen LogP contribution in [-0.4, -0.2) is 30.3 Å². The van der Waals surface area contributed by atoms with Crippen LogP contribution in [0.25, 0.3) is 0 Å². The van der Waals surface area contributed by atoms with Gasteiger partial charge in [0.2, 0.25) is 0 Å². The van der Waals surface area contributed by atoms with Crippen molar-refractivity contribution < 1.29 is 19.1 Å². The van der Waals surface area contributed by atoms with Gasteiger partial charge in [0.15, 0.2) is 0 Å². The summed E-state index contributed by atoms with van der Waals surface area (Å²) in [6, 6.07) is 0.196. The van der Waals surface area contributed by atoms with Crippen LogP contribution in [0.1, 0.15) is 47.0 Å². The predicted molar refractivity (Wildman–Crippen MR) is 67.1 cm³/mol. The topological polar surface area (TPSA) is 64.6 Å². The molecule has 1 rings (SSSR count). The molecule has 1 aliphatic rings. The van der Waals surface area contributed by atoms with E-state index in [1.807, 2.05) is 20.8 Å². The number of esters is 1. The summed E-state index contributed by atoms with van der Waals surface area (Å²) >= 11 is 0. The highest BCUT2D eigenvalue weighted by Gasteiger charge is 2.31. The predicted octanol–water partition coefficient (Wildman–Crippen LogP) is 2.24. The second-order valence-corrected chi connectivity index (χ2v) is 5.81. The van der Waals surface area contributed by atoms with Crippen molar-refractivity contribution in [2.45, 2.75) is 58.6 Å². The van der Waals surface area contributed by atoms with Crippen molar-refractivity contribution in [3.8, 4) is 0 Å². The summed E-state index contributed by atoms with van der Waals surface area (Å²) in [5.74, 6) is 0.294. The maximum atomic E-state index is 11.5. The molecule has 0 aromatic carbocycles. The highest BCUT2D eigenvalue weighted by molar-refractivity contribution is 5.68. The van der Waals surface area contributed by atoms with Crippen LogP contribution < -0.4 is 5.32 Å². The van der Waals surface area contributed by atoms with E-state index in [2.05, 4.69) is 5.32 Å². The molecule has 0 spiro atoms. The fraction of sp³-hybridized carbons (Fsp3) is 0.846. The number of hydrogen-bond acceptors (Lipinski definition) is 4. The molecule has 0 aromatic rings. The van der Waals surface area contributed by atoms with Gasteiger partial charge >= 0.3 is 12.1 Å². The van der Waals surface area contributed by atoms with Crippen LogP contribution in [0.5, 0.6) is 0 Å². The monoisotopic (exact) mass is 257 g/mol. The van der Waals surface area contributed by atoms with E-state index in [1.165, 1.54) is 6.92 Å². The summed E-state index contributed by atoms with van der Waals surface area (Å²) in [5, 5.41) is 2.83. The van der Waals surface area contributed by atoms with Gasteiger partial charge < -0.3 is 14.8 Å². The Hall–Kier alpha value is -1.26. The zero-order valence-corrected chi connectivity index (χ0v) is 11.6. The van der Waals surface area contributed by atoms with Crippen molar-refractivity contribution in [2.75, 3.05) is 6.61 Å². The Bertz CT molecular complexity index is 303. The summed E-state index contributed by atoms with van der Waals surface area (Å²) < 4.78 is 10.1. The lowest BCUT2D eigenvalue weighted by molar-refractivity contribution is -0.141. The van der Waals surface area contributed by atoms with Gasteiger partial charge in [0.05, 0.1) is 6.61 Å². The van der Waals surface area contributed by atoms with E-state index < -0.39 is 5.60 Å². The number of rotatable bonds is 4. The van der Waals surface area contributed by atoms with Gasteiger partial charge in [-0.15, -0.1) is 0 Å². The summed E-state index contributed by atoms with van der Waals surface area (Å²) in [4.78, 5) is 22.0. The molecule has 0 aromatic heterocycles. The van der Waals surface area contributed by atoms with E-state index in [9.17, 15) is 9.59 Å². The minimum Gasteiger partial charge on any atom is -0.466 e. The van der Waals surface area contributed by atoms with Crippen LogP contribution in [0.4, 0.5) is 4.79 Å². The van der Waals surface area contributed by atoms with Gasteiger partial charge in [0.25, 0.3) is 0 Å². The molecule has 0 bridgehead atoms. The lowest BCUT2D eigenvalue weighted by atomic mass is 9.78. The zero-order valence-electron chi connectivity index (χ0n) is 11.6. The second-order valence-electron chi connectivity index (χ2n) is 5.81. The van der Waals surface area contributed by atoms with Crippen molar-refractivity contribution in [1.82, 2.24) is 5.32 Å². The normalized spacial score (nSPS) is 22.9. The Kier molecular flexibility index (Phi) is 4.99. The van der Waals surface area contributed by atoms with Crippen molar-refractivity contribution in [1.29, 1.82) is 0 Å². The Balaban J connectivity index is 2.08. The first-order valence-corrected chi connectivity index (χ1v) is 6.39. The van der Waals surface area contributed by atoms with Crippen molar-refractivity contribution in [2.24, 2.45) is 5.92 Å². The molecule has 5 heteroatoms. The number of hydrogen-bond donors (Lipinski definition) is 1. The van der Waals surface area contributed by atoms with Gasteiger partial charge in [0.1, 0.15) is 5.60 Å². The first-order chi connectivity index (χ1) is 8.26. The first-order valence-electron chi connectivity index (χ1n) is 6.39. The van der Waals surface area contributed by atoms with E-state index in [0.717, 1.165) is 19.3 Å². The molecule has 0 atom stereocenters. The smallest absolute Gasteiger partial charge is 0.407 e. The lowest BCUT2D eigenvalue weighted by Crippen LogP contribution is -2.46. The van der Waals surface area contributed by atoms with Crippen LogP contribution in [-0.2, 0) is 14.3 Å². The van der Waals surface area contributed by atoms with Crippen LogP contribution in [0.2, 0.25) is 0 Å². The standard InChI is InChI=1S/C13H23NO4/c1-9(15)17-6-5-10-7-11(8-10)14-12(16)18-13(2,3)4/h10-11H,5-8H2,1-4H3,(H,14,16). The average Bonchev–Trinajstić information content (AvgIpc) is 2.09. The lowest BCUT2D eigenvalue weighted by Gasteiger charge is -2.36. The maximum Gasteiger partial charge on any atom is 0.407 e.